The molecule has 0 unspecified atom stereocenters. The number of hydrogen-bond donors (Lipinski definition) is 2. The van der Waals surface area contributed by atoms with Gasteiger partial charge >= 0.3 is 0 Å². The Morgan fingerprint density at radius 1 is 1.19 bits per heavy atom. The van der Waals surface area contributed by atoms with Gasteiger partial charge in [-0.05, 0) is 50.2 Å². The van der Waals surface area contributed by atoms with E-state index in [9.17, 15) is 19.7 Å². The van der Waals surface area contributed by atoms with Crippen molar-refractivity contribution in [2.45, 2.75) is 29.7 Å². The van der Waals surface area contributed by atoms with Crippen molar-refractivity contribution in [3.05, 3.63) is 63.2 Å². The van der Waals surface area contributed by atoms with Crippen LogP contribution in [0, 0.1) is 10.1 Å². The van der Waals surface area contributed by atoms with E-state index >= 15 is 0 Å². The predicted octanol–water partition coefficient (Wildman–Crippen LogP) is 3.65. The molecule has 7 nitrogen and oxygen atoms in total. The second-order valence-corrected chi connectivity index (χ2v) is 7.45. The van der Waals surface area contributed by atoms with Crippen molar-refractivity contribution in [2.24, 2.45) is 0 Å². The Morgan fingerprint density at radius 2 is 1.85 bits per heavy atom. The lowest BCUT2D eigenvalue weighted by molar-refractivity contribution is -0.387. The number of halogens is 1. The first-order chi connectivity index (χ1) is 12.8. The lowest BCUT2D eigenvalue weighted by Gasteiger charge is -2.10. The van der Waals surface area contributed by atoms with Crippen LogP contribution in [0.15, 0.2) is 52.3 Å². The van der Waals surface area contributed by atoms with Crippen LogP contribution in [0.4, 0.5) is 5.69 Å². The Labute approximate surface area is 165 Å². The molecule has 0 spiro atoms. The number of carbonyl (C=O) groups excluding carboxylic acids is 2. The van der Waals surface area contributed by atoms with E-state index in [0.717, 1.165) is 4.90 Å². The van der Waals surface area contributed by atoms with E-state index in [0.29, 0.717) is 9.92 Å². The molecule has 0 radical (unpaired) electrons. The Balaban J connectivity index is 2.14. The molecule has 0 aliphatic rings. The summed E-state index contributed by atoms with van der Waals surface area (Å²) >= 11 is 7.04. The lowest BCUT2D eigenvalue weighted by atomic mass is 10.2. The Hall–Kier alpha value is -2.58. The van der Waals surface area contributed by atoms with Gasteiger partial charge in [-0.25, -0.2) is 0 Å². The average molecular weight is 408 g/mol. The fraction of sp³-hybridized carbons (Fsp3) is 0.222. The standard InChI is InChI=1S/C18H18ClN3O4S/c1-11(2)21-17(23)10-20-18(24)12-3-8-16(15(9-12)22(25)26)27-14-6-4-13(19)5-7-14/h3-9,11H,10H2,1-2H3,(H,20,24)(H,21,23). The highest BCUT2D eigenvalue weighted by atomic mass is 35.5. The highest BCUT2D eigenvalue weighted by Crippen LogP contribution is 2.35. The van der Waals surface area contributed by atoms with Crippen LogP contribution >= 0.6 is 23.4 Å². The monoisotopic (exact) mass is 407 g/mol. The van der Waals surface area contributed by atoms with Crippen LogP contribution in [0.3, 0.4) is 0 Å². The Bertz CT molecular complexity index is 856. The molecule has 0 aliphatic carbocycles. The summed E-state index contributed by atoms with van der Waals surface area (Å²) in [6, 6.07) is 11.1. The SMILES string of the molecule is CC(C)NC(=O)CNC(=O)c1ccc(Sc2ccc(Cl)cc2)c([N+](=O)[O-])c1. The van der Waals surface area contributed by atoms with E-state index < -0.39 is 10.8 Å². The topological polar surface area (TPSA) is 101 Å². The molecule has 0 bridgehead atoms. The molecular weight excluding hydrogens is 390 g/mol. The minimum Gasteiger partial charge on any atom is -0.352 e. The highest BCUT2D eigenvalue weighted by molar-refractivity contribution is 7.99. The molecule has 2 amide bonds. The van der Waals surface area contributed by atoms with Crippen molar-refractivity contribution < 1.29 is 14.5 Å². The molecule has 2 N–H and O–H groups in total. The van der Waals surface area contributed by atoms with E-state index in [1.54, 1.807) is 38.1 Å². The zero-order chi connectivity index (χ0) is 20.0. The van der Waals surface area contributed by atoms with Crippen LogP contribution in [-0.2, 0) is 4.79 Å². The fourth-order valence-corrected chi connectivity index (χ4v) is 3.18. The van der Waals surface area contributed by atoms with E-state index in [4.69, 9.17) is 11.6 Å². The molecule has 2 aromatic rings. The maximum atomic E-state index is 12.2. The number of rotatable bonds is 7. The smallest absolute Gasteiger partial charge is 0.284 e. The largest absolute Gasteiger partial charge is 0.352 e. The molecule has 0 aromatic heterocycles. The first kappa shape index (κ1) is 20.7. The molecule has 0 atom stereocenters. The summed E-state index contributed by atoms with van der Waals surface area (Å²) in [4.78, 5) is 35.8. The molecule has 27 heavy (non-hydrogen) atoms. The number of hydrogen-bond acceptors (Lipinski definition) is 5. The normalized spacial score (nSPS) is 10.5. The van der Waals surface area contributed by atoms with Gasteiger partial charge in [0.15, 0.2) is 0 Å². The number of amides is 2. The van der Waals surface area contributed by atoms with Crippen LogP contribution in [0.1, 0.15) is 24.2 Å². The number of nitro benzene ring substituents is 1. The molecule has 142 valence electrons. The van der Waals surface area contributed by atoms with Crippen molar-refractivity contribution in [2.75, 3.05) is 6.54 Å². The first-order valence-corrected chi connectivity index (χ1v) is 9.25. The molecular formula is C18H18ClN3O4S. The van der Waals surface area contributed by atoms with Crippen LogP contribution in [0.25, 0.3) is 0 Å². The summed E-state index contributed by atoms with van der Waals surface area (Å²) in [5, 5.41) is 17.1. The van der Waals surface area contributed by atoms with E-state index in [1.165, 1.54) is 30.0 Å². The quantitative estimate of drug-likeness (QED) is 0.538. The Kier molecular flexibility index (Phi) is 7.20. The van der Waals surface area contributed by atoms with E-state index in [-0.39, 0.29) is 29.7 Å². The van der Waals surface area contributed by atoms with Gasteiger partial charge < -0.3 is 10.6 Å². The van der Waals surface area contributed by atoms with Gasteiger partial charge in [0.25, 0.3) is 11.6 Å². The van der Waals surface area contributed by atoms with Gasteiger partial charge in [-0.1, -0.05) is 23.4 Å². The maximum Gasteiger partial charge on any atom is 0.284 e. The number of benzene rings is 2. The summed E-state index contributed by atoms with van der Waals surface area (Å²) < 4.78 is 0. The van der Waals surface area contributed by atoms with Gasteiger partial charge in [-0.3, -0.25) is 19.7 Å². The van der Waals surface area contributed by atoms with Gasteiger partial charge in [-0.15, -0.1) is 0 Å². The predicted molar refractivity (Wildman–Crippen MR) is 104 cm³/mol. The van der Waals surface area contributed by atoms with E-state index in [1.807, 2.05) is 0 Å². The van der Waals surface area contributed by atoms with Crippen molar-refractivity contribution >= 4 is 40.9 Å². The van der Waals surface area contributed by atoms with Crippen molar-refractivity contribution in [1.82, 2.24) is 10.6 Å². The van der Waals surface area contributed by atoms with Crippen LogP contribution < -0.4 is 10.6 Å². The molecule has 0 fully saturated rings. The van der Waals surface area contributed by atoms with Crippen molar-refractivity contribution in [3.63, 3.8) is 0 Å². The molecule has 2 rings (SSSR count). The molecule has 0 saturated heterocycles. The van der Waals surface area contributed by atoms with Crippen LogP contribution in [0.2, 0.25) is 5.02 Å². The van der Waals surface area contributed by atoms with Gasteiger partial charge in [-0.2, -0.15) is 0 Å². The number of nitrogens with zero attached hydrogens (tertiary/aromatic N) is 1. The Morgan fingerprint density at radius 3 is 2.44 bits per heavy atom. The first-order valence-electron chi connectivity index (χ1n) is 8.05. The summed E-state index contributed by atoms with van der Waals surface area (Å²) in [5.74, 6) is -0.886. The summed E-state index contributed by atoms with van der Waals surface area (Å²) in [5.41, 5.74) is -0.0752. The second kappa shape index (κ2) is 9.38. The molecule has 2 aromatic carbocycles. The minimum absolute atomic E-state index is 0.0420. The van der Waals surface area contributed by atoms with Crippen molar-refractivity contribution in [1.29, 1.82) is 0 Å². The van der Waals surface area contributed by atoms with Gasteiger partial charge in [0.2, 0.25) is 5.91 Å². The fourth-order valence-electron chi connectivity index (χ4n) is 2.15. The third kappa shape index (κ3) is 6.26. The molecule has 0 saturated carbocycles. The summed E-state index contributed by atoms with van der Waals surface area (Å²) in [6.45, 7) is 3.41. The van der Waals surface area contributed by atoms with Crippen LogP contribution in [-0.4, -0.2) is 29.3 Å². The second-order valence-electron chi connectivity index (χ2n) is 5.90. The number of carbonyl (C=O) groups is 2. The summed E-state index contributed by atoms with van der Waals surface area (Å²) in [7, 11) is 0. The lowest BCUT2D eigenvalue weighted by Crippen LogP contribution is -2.39. The van der Waals surface area contributed by atoms with E-state index in [2.05, 4.69) is 10.6 Å². The zero-order valence-corrected chi connectivity index (χ0v) is 16.3. The molecule has 0 aliphatic heterocycles. The van der Waals surface area contributed by atoms with Crippen molar-refractivity contribution in [3.8, 4) is 0 Å². The highest BCUT2D eigenvalue weighted by Gasteiger charge is 2.19. The number of nitrogens with one attached hydrogen (secondary N) is 2. The molecule has 9 heteroatoms. The van der Waals surface area contributed by atoms with Crippen LogP contribution in [0.5, 0.6) is 0 Å². The third-order valence-corrected chi connectivity index (χ3v) is 4.64. The zero-order valence-electron chi connectivity index (χ0n) is 14.7. The average Bonchev–Trinajstić information content (AvgIpc) is 2.61. The van der Waals surface area contributed by atoms with Gasteiger partial charge in [0, 0.05) is 27.6 Å². The minimum atomic E-state index is -0.556. The van der Waals surface area contributed by atoms with Gasteiger partial charge in [0.1, 0.15) is 0 Å². The maximum absolute atomic E-state index is 12.2. The summed E-state index contributed by atoms with van der Waals surface area (Å²) in [6.07, 6.45) is 0. The number of nitro groups is 1. The van der Waals surface area contributed by atoms with Gasteiger partial charge in [0.05, 0.1) is 16.4 Å². The third-order valence-electron chi connectivity index (χ3n) is 3.32. The molecule has 0 heterocycles.